The van der Waals surface area contributed by atoms with Crippen LogP contribution < -0.4 is 20.7 Å². The largest absolute Gasteiger partial charge is 0.456 e. The zero-order valence-electron chi connectivity index (χ0n) is 17.5. The number of amides is 1. The van der Waals surface area contributed by atoms with Gasteiger partial charge in [0.25, 0.3) is 5.91 Å². The summed E-state index contributed by atoms with van der Waals surface area (Å²) < 4.78 is 6.12. The van der Waals surface area contributed by atoms with E-state index in [1.165, 1.54) is 6.20 Å². The number of carbonyl (C=O) groups is 1. The van der Waals surface area contributed by atoms with Crippen LogP contribution in [0.25, 0.3) is 11.0 Å². The molecule has 1 aliphatic heterocycles. The number of piperidine rings is 1. The number of hydrogen-bond acceptors (Lipinski definition) is 9. The van der Waals surface area contributed by atoms with E-state index in [-0.39, 0.29) is 11.9 Å². The van der Waals surface area contributed by atoms with Crippen LogP contribution in [0.2, 0.25) is 0 Å². The number of rotatable bonds is 6. The summed E-state index contributed by atoms with van der Waals surface area (Å²) in [5.41, 5.74) is 1.08. The highest BCUT2D eigenvalue weighted by Crippen LogP contribution is 2.33. The molecule has 3 aromatic heterocycles. The predicted octanol–water partition coefficient (Wildman–Crippen LogP) is 3.49. The van der Waals surface area contributed by atoms with E-state index in [0.29, 0.717) is 38.5 Å². The normalized spacial score (nSPS) is 15.7. The first-order valence-electron chi connectivity index (χ1n) is 10.4. The van der Waals surface area contributed by atoms with Crippen LogP contribution in [-0.2, 0) is 0 Å². The Morgan fingerprint density at radius 1 is 1.24 bits per heavy atom. The second-order valence-corrected chi connectivity index (χ2v) is 8.55. The van der Waals surface area contributed by atoms with Crippen molar-refractivity contribution >= 4 is 39.2 Å². The van der Waals surface area contributed by atoms with Crippen molar-refractivity contribution in [1.82, 2.24) is 25.5 Å². The number of aromatic amines is 1. The Morgan fingerprint density at radius 2 is 2.12 bits per heavy atom. The van der Waals surface area contributed by atoms with E-state index in [1.807, 2.05) is 6.07 Å². The van der Waals surface area contributed by atoms with E-state index < -0.39 is 0 Å². The number of ether oxygens (including phenoxy) is 1. The molecule has 1 saturated heterocycles. The lowest BCUT2D eigenvalue weighted by Gasteiger charge is -2.23. The molecule has 0 saturated carbocycles. The van der Waals surface area contributed by atoms with Gasteiger partial charge in [-0.1, -0.05) is 11.3 Å². The average molecular weight is 461 g/mol. The Bertz CT molecular complexity index is 1320. The molecule has 1 atom stereocenters. The maximum atomic E-state index is 12.5. The molecule has 0 aliphatic carbocycles. The van der Waals surface area contributed by atoms with Crippen molar-refractivity contribution in [3.63, 3.8) is 0 Å². The van der Waals surface area contributed by atoms with E-state index in [4.69, 9.17) is 10.00 Å². The fraction of sp³-hybridized carbons (Fsp3) is 0.227. The second kappa shape index (κ2) is 9.23. The van der Waals surface area contributed by atoms with Gasteiger partial charge in [-0.05, 0) is 43.7 Å². The highest BCUT2D eigenvalue weighted by molar-refractivity contribution is 7.16. The van der Waals surface area contributed by atoms with Crippen LogP contribution in [0, 0.1) is 11.3 Å². The molecular formula is C22H20N8O2S. The van der Waals surface area contributed by atoms with Crippen LogP contribution in [0.15, 0.2) is 42.7 Å². The Kier molecular flexibility index (Phi) is 5.84. The molecule has 0 unspecified atom stereocenters. The molecule has 4 heterocycles. The summed E-state index contributed by atoms with van der Waals surface area (Å²) in [7, 11) is 0. The molecule has 0 spiro atoms. The van der Waals surface area contributed by atoms with Gasteiger partial charge in [0.05, 0.1) is 6.20 Å². The molecule has 1 amide bonds. The van der Waals surface area contributed by atoms with Crippen LogP contribution in [0.3, 0.4) is 0 Å². The summed E-state index contributed by atoms with van der Waals surface area (Å²) >= 11 is 1.12. The number of fused-ring (bicyclic) bond motifs is 1. The second-order valence-electron chi connectivity index (χ2n) is 7.51. The minimum absolute atomic E-state index is 0.290. The first-order valence-corrected chi connectivity index (χ1v) is 11.3. The molecule has 0 bridgehead atoms. The van der Waals surface area contributed by atoms with Crippen LogP contribution in [0.1, 0.15) is 28.1 Å². The summed E-state index contributed by atoms with van der Waals surface area (Å²) in [5, 5.41) is 26.9. The van der Waals surface area contributed by atoms with Crippen molar-refractivity contribution in [2.24, 2.45) is 0 Å². The Balaban J connectivity index is 1.31. The predicted molar refractivity (Wildman–Crippen MR) is 125 cm³/mol. The molecule has 5 rings (SSSR count). The Morgan fingerprint density at radius 3 is 2.88 bits per heavy atom. The van der Waals surface area contributed by atoms with Gasteiger partial charge in [0, 0.05) is 30.4 Å². The average Bonchev–Trinajstić information content (AvgIpc) is 3.48. The van der Waals surface area contributed by atoms with E-state index in [0.717, 1.165) is 42.7 Å². The third kappa shape index (κ3) is 4.62. The molecule has 1 aliphatic rings. The lowest BCUT2D eigenvalue weighted by atomic mass is 10.1. The van der Waals surface area contributed by atoms with Gasteiger partial charge in [0.15, 0.2) is 16.6 Å². The van der Waals surface area contributed by atoms with Crippen molar-refractivity contribution in [2.45, 2.75) is 18.9 Å². The van der Waals surface area contributed by atoms with E-state index in [9.17, 15) is 4.79 Å². The number of carbonyl (C=O) groups excluding carboxylic acids is 1. The van der Waals surface area contributed by atoms with Crippen LogP contribution in [0.5, 0.6) is 11.5 Å². The van der Waals surface area contributed by atoms with E-state index in [1.54, 1.807) is 36.5 Å². The maximum Gasteiger partial charge on any atom is 0.257 e. The minimum atomic E-state index is -0.311. The standard InChI is InChI=1S/C22H20N8O2S/c23-10-16-12-26-22(33-16)28-21(31)13-3-5-15(6-4-13)32-17-7-9-25-19-18(17)20(30-29-19)27-14-2-1-8-24-11-14/h3-7,9,12,14,24H,1-2,8,11H2,(H,26,28,31)(H2,25,27,29,30)/t14-/m1/s1. The SMILES string of the molecule is N#Cc1cnc(NC(=O)c2ccc(Oc3ccnc4[nH]nc(N[C@@H]5CCCNC5)c34)cc2)s1. The van der Waals surface area contributed by atoms with Gasteiger partial charge in [-0.25, -0.2) is 9.97 Å². The van der Waals surface area contributed by atoms with Crippen molar-refractivity contribution in [1.29, 1.82) is 5.26 Å². The monoisotopic (exact) mass is 460 g/mol. The first kappa shape index (κ1) is 20.9. The molecule has 1 fully saturated rings. The summed E-state index contributed by atoms with van der Waals surface area (Å²) in [5.74, 6) is 1.59. The molecular weight excluding hydrogens is 440 g/mol. The molecule has 11 heteroatoms. The molecule has 166 valence electrons. The van der Waals surface area contributed by atoms with Gasteiger partial charge in [0.1, 0.15) is 27.8 Å². The maximum absolute atomic E-state index is 12.5. The number of aromatic nitrogens is 4. The fourth-order valence-electron chi connectivity index (χ4n) is 3.63. The zero-order chi connectivity index (χ0) is 22.6. The van der Waals surface area contributed by atoms with Crippen molar-refractivity contribution < 1.29 is 9.53 Å². The molecule has 1 aromatic carbocycles. The fourth-order valence-corrected chi connectivity index (χ4v) is 4.24. The highest BCUT2D eigenvalue weighted by Gasteiger charge is 2.19. The molecule has 33 heavy (non-hydrogen) atoms. The zero-order valence-corrected chi connectivity index (χ0v) is 18.3. The number of thiazole rings is 1. The van der Waals surface area contributed by atoms with Gasteiger partial charge >= 0.3 is 0 Å². The van der Waals surface area contributed by atoms with Crippen LogP contribution in [0.4, 0.5) is 10.9 Å². The van der Waals surface area contributed by atoms with Crippen molar-refractivity contribution in [3.8, 4) is 17.6 Å². The van der Waals surface area contributed by atoms with Gasteiger partial charge in [-0.15, -0.1) is 0 Å². The minimum Gasteiger partial charge on any atom is -0.456 e. The number of H-pyrrole nitrogens is 1. The van der Waals surface area contributed by atoms with E-state index >= 15 is 0 Å². The third-order valence-electron chi connectivity index (χ3n) is 5.24. The lowest BCUT2D eigenvalue weighted by Crippen LogP contribution is -2.38. The Labute approximate surface area is 193 Å². The van der Waals surface area contributed by atoms with Gasteiger partial charge < -0.3 is 15.4 Å². The number of benzene rings is 1. The van der Waals surface area contributed by atoms with Crippen molar-refractivity contribution in [3.05, 3.63) is 53.2 Å². The molecule has 10 nitrogen and oxygen atoms in total. The van der Waals surface area contributed by atoms with Gasteiger partial charge in [-0.2, -0.15) is 10.4 Å². The quantitative estimate of drug-likeness (QED) is 0.343. The van der Waals surface area contributed by atoms with E-state index in [2.05, 4.69) is 36.1 Å². The molecule has 4 N–H and O–H groups in total. The molecule has 0 radical (unpaired) electrons. The third-order valence-corrected chi connectivity index (χ3v) is 6.06. The van der Waals surface area contributed by atoms with Gasteiger partial charge in [-0.3, -0.25) is 15.2 Å². The lowest BCUT2D eigenvalue weighted by molar-refractivity contribution is 0.102. The number of anilines is 2. The number of nitriles is 1. The smallest absolute Gasteiger partial charge is 0.257 e. The Hall–Kier alpha value is -4.01. The molecule has 4 aromatic rings. The van der Waals surface area contributed by atoms with Crippen LogP contribution >= 0.6 is 11.3 Å². The summed E-state index contributed by atoms with van der Waals surface area (Å²) in [6.07, 6.45) is 5.27. The number of nitrogens with zero attached hydrogens (tertiary/aromatic N) is 4. The number of hydrogen-bond donors (Lipinski definition) is 4. The summed E-state index contributed by atoms with van der Waals surface area (Å²) in [6, 6.07) is 10.9. The number of pyridine rings is 1. The highest BCUT2D eigenvalue weighted by atomic mass is 32.1. The van der Waals surface area contributed by atoms with Crippen LogP contribution in [-0.4, -0.2) is 45.2 Å². The van der Waals surface area contributed by atoms with Crippen molar-refractivity contribution in [2.75, 3.05) is 23.7 Å². The topological polar surface area (TPSA) is 141 Å². The summed E-state index contributed by atoms with van der Waals surface area (Å²) in [6.45, 7) is 1.92. The number of nitrogens with one attached hydrogen (secondary N) is 4. The summed E-state index contributed by atoms with van der Waals surface area (Å²) in [4.78, 5) is 21.3. The first-order chi connectivity index (χ1) is 16.2. The van der Waals surface area contributed by atoms with Gasteiger partial charge in [0.2, 0.25) is 0 Å².